The molecule has 1 aliphatic rings. The molecule has 1 aliphatic heterocycles. The Morgan fingerprint density at radius 3 is 2.88 bits per heavy atom. The van der Waals surface area contributed by atoms with Crippen molar-refractivity contribution in [3.63, 3.8) is 0 Å². The molecule has 0 aliphatic carbocycles. The fraction of sp³-hybridized carbons (Fsp3) is 0.292. The number of hydrogen-bond donors (Lipinski definition) is 1. The van der Waals surface area contributed by atoms with Gasteiger partial charge in [-0.2, -0.15) is 0 Å². The van der Waals surface area contributed by atoms with Crippen LogP contribution >= 0.6 is 11.6 Å². The quantitative estimate of drug-likeness (QED) is 0.500. The van der Waals surface area contributed by atoms with Crippen molar-refractivity contribution in [2.24, 2.45) is 0 Å². The van der Waals surface area contributed by atoms with Crippen LogP contribution in [0.1, 0.15) is 46.1 Å². The summed E-state index contributed by atoms with van der Waals surface area (Å²) in [5, 5.41) is 8.79. The number of nitrogens with one attached hydrogen (secondary N) is 1. The predicted molar refractivity (Wildman–Crippen MR) is 126 cm³/mol. The molecule has 168 valence electrons. The molecule has 1 atom stereocenters. The van der Waals surface area contributed by atoms with Crippen LogP contribution in [-0.2, 0) is 6.54 Å². The zero-order chi connectivity index (χ0) is 22.9. The minimum atomic E-state index is -0.324. The lowest BCUT2D eigenvalue weighted by Gasteiger charge is -2.32. The van der Waals surface area contributed by atoms with E-state index in [9.17, 15) is 9.59 Å². The van der Waals surface area contributed by atoms with E-state index in [0.29, 0.717) is 41.7 Å². The molecule has 3 heterocycles. The smallest absolute Gasteiger partial charge is 0.281 e. The predicted octanol–water partition coefficient (Wildman–Crippen LogP) is 3.54. The molecule has 0 bridgehead atoms. The molecule has 1 saturated heterocycles. The largest absolute Gasteiger partial charge is 0.338 e. The molecule has 1 amide bonds. The lowest BCUT2D eigenvalue weighted by atomic mass is 9.96. The number of likely N-dealkylation sites (tertiary alicyclic amines) is 1. The van der Waals surface area contributed by atoms with Gasteiger partial charge >= 0.3 is 0 Å². The van der Waals surface area contributed by atoms with Gasteiger partial charge in [0.2, 0.25) is 0 Å². The molecule has 0 spiro atoms. The Hall–Kier alpha value is -3.52. The SMILES string of the molecule is Cc1ccccc1C(=O)N1CCC[C@@H](c2nc3c(nnn3Cc3cccc(Cl)c3)c(=O)[nH]2)C1. The van der Waals surface area contributed by atoms with Crippen molar-refractivity contribution in [1.29, 1.82) is 0 Å². The van der Waals surface area contributed by atoms with E-state index in [1.807, 2.05) is 54.3 Å². The number of nitrogens with zero attached hydrogens (tertiary/aromatic N) is 5. The van der Waals surface area contributed by atoms with Gasteiger partial charge in [-0.1, -0.05) is 47.1 Å². The summed E-state index contributed by atoms with van der Waals surface area (Å²) in [5.41, 5.74) is 2.90. The maximum atomic E-state index is 13.1. The van der Waals surface area contributed by atoms with Crippen LogP contribution in [0.3, 0.4) is 0 Å². The average Bonchev–Trinajstić information content (AvgIpc) is 3.22. The number of hydrogen-bond acceptors (Lipinski definition) is 5. The van der Waals surface area contributed by atoms with Gasteiger partial charge in [0.15, 0.2) is 11.2 Å². The van der Waals surface area contributed by atoms with Crippen LogP contribution in [0.25, 0.3) is 11.2 Å². The van der Waals surface area contributed by atoms with Gasteiger partial charge in [0.1, 0.15) is 5.82 Å². The molecule has 5 rings (SSSR count). The highest BCUT2D eigenvalue weighted by Crippen LogP contribution is 2.26. The first-order chi connectivity index (χ1) is 16.0. The lowest BCUT2D eigenvalue weighted by molar-refractivity contribution is 0.0704. The molecule has 4 aromatic rings. The highest BCUT2D eigenvalue weighted by molar-refractivity contribution is 6.30. The number of H-pyrrole nitrogens is 1. The molecule has 0 unspecified atom stereocenters. The minimum Gasteiger partial charge on any atom is -0.338 e. The van der Waals surface area contributed by atoms with E-state index in [0.717, 1.165) is 24.0 Å². The molecular formula is C24H23ClN6O2. The second-order valence-corrected chi connectivity index (χ2v) is 8.84. The number of carbonyl (C=O) groups excluding carboxylic acids is 1. The van der Waals surface area contributed by atoms with Crippen LogP contribution in [0.4, 0.5) is 0 Å². The number of amides is 1. The summed E-state index contributed by atoms with van der Waals surface area (Å²) in [5.74, 6) is 0.497. The van der Waals surface area contributed by atoms with E-state index in [2.05, 4.69) is 15.3 Å². The van der Waals surface area contributed by atoms with Crippen molar-refractivity contribution in [2.75, 3.05) is 13.1 Å². The lowest BCUT2D eigenvalue weighted by Crippen LogP contribution is -2.40. The van der Waals surface area contributed by atoms with Crippen LogP contribution in [0.5, 0.6) is 0 Å². The van der Waals surface area contributed by atoms with Crippen LogP contribution in [0.15, 0.2) is 53.3 Å². The summed E-state index contributed by atoms with van der Waals surface area (Å²) in [4.78, 5) is 35.3. The fourth-order valence-electron chi connectivity index (χ4n) is 4.36. The molecule has 2 aromatic carbocycles. The monoisotopic (exact) mass is 462 g/mol. The topological polar surface area (TPSA) is 96.8 Å². The second kappa shape index (κ2) is 8.78. The summed E-state index contributed by atoms with van der Waals surface area (Å²) >= 11 is 6.10. The molecule has 1 N–H and O–H groups in total. The van der Waals surface area contributed by atoms with Gasteiger partial charge in [-0.3, -0.25) is 9.59 Å². The first-order valence-corrected chi connectivity index (χ1v) is 11.3. The Labute approximate surface area is 195 Å². The molecule has 8 nitrogen and oxygen atoms in total. The third-order valence-electron chi connectivity index (χ3n) is 6.08. The van der Waals surface area contributed by atoms with E-state index in [4.69, 9.17) is 16.6 Å². The van der Waals surface area contributed by atoms with Gasteiger partial charge in [-0.05, 0) is 49.1 Å². The highest BCUT2D eigenvalue weighted by Gasteiger charge is 2.28. The van der Waals surface area contributed by atoms with Crippen molar-refractivity contribution in [3.05, 3.63) is 86.4 Å². The van der Waals surface area contributed by atoms with Crippen LogP contribution in [0.2, 0.25) is 5.02 Å². The molecule has 33 heavy (non-hydrogen) atoms. The third kappa shape index (κ3) is 4.26. The van der Waals surface area contributed by atoms with Crippen LogP contribution in [0, 0.1) is 6.92 Å². The Bertz CT molecular complexity index is 1400. The molecule has 0 saturated carbocycles. The number of rotatable bonds is 4. The Morgan fingerprint density at radius 1 is 1.21 bits per heavy atom. The van der Waals surface area contributed by atoms with Gasteiger partial charge in [0.05, 0.1) is 6.54 Å². The maximum Gasteiger partial charge on any atom is 0.281 e. The van der Waals surface area contributed by atoms with Gasteiger partial charge in [0, 0.05) is 29.6 Å². The number of halogens is 1. The van der Waals surface area contributed by atoms with E-state index in [1.54, 1.807) is 10.7 Å². The standard InChI is InChI=1S/C24H23ClN6O2/c1-15-6-2-3-10-19(15)24(33)30-11-5-8-17(14-30)21-26-22-20(23(32)27-21)28-29-31(22)13-16-7-4-9-18(25)12-16/h2-4,6-7,9-10,12,17H,5,8,11,13-14H2,1H3,(H,26,27,32)/t17-/m1/s1. The second-order valence-electron chi connectivity index (χ2n) is 8.41. The minimum absolute atomic E-state index is 0.00823. The maximum absolute atomic E-state index is 13.1. The van der Waals surface area contributed by atoms with E-state index < -0.39 is 0 Å². The Balaban J connectivity index is 1.44. The molecule has 9 heteroatoms. The normalized spacial score (nSPS) is 16.3. The summed E-state index contributed by atoms with van der Waals surface area (Å²) < 4.78 is 1.61. The van der Waals surface area contributed by atoms with Gasteiger partial charge in [0.25, 0.3) is 11.5 Å². The van der Waals surface area contributed by atoms with Gasteiger partial charge in [-0.25, -0.2) is 9.67 Å². The number of aromatic amines is 1. The fourth-order valence-corrected chi connectivity index (χ4v) is 4.57. The number of aromatic nitrogens is 5. The number of piperidine rings is 1. The van der Waals surface area contributed by atoms with Gasteiger partial charge in [-0.15, -0.1) is 5.10 Å². The zero-order valence-corrected chi connectivity index (χ0v) is 18.9. The summed E-state index contributed by atoms with van der Waals surface area (Å²) in [6, 6.07) is 15.0. The Morgan fingerprint density at radius 2 is 2.06 bits per heavy atom. The number of benzene rings is 2. The van der Waals surface area contributed by atoms with Crippen molar-refractivity contribution in [3.8, 4) is 0 Å². The number of aryl methyl sites for hydroxylation is 1. The van der Waals surface area contributed by atoms with E-state index >= 15 is 0 Å². The van der Waals surface area contributed by atoms with Crippen molar-refractivity contribution >= 4 is 28.7 Å². The molecule has 1 fully saturated rings. The average molecular weight is 463 g/mol. The number of carbonyl (C=O) groups is 1. The number of fused-ring (bicyclic) bond motifs is 1. The molecule has 2 aromatic heterocycles. The first kappa shape index (κ1) is 21.3. The van der Waals surface area contributed by atoms with Crippen molar-refractivity contribution < 1.29 is 4.79 Å². The Kier molecular flexibility index (Phi) is 5.68. The van der Waals surface area contributed by atoms with Crippen molar-refractivity contribution in [1.82, 2.24) is 29.9 Å². The van der Waals surface area contributed by atoms with Crippen LogP contribution < -0.4 is 5.56 Å². The molecule has 0 radical (unpaired) electrons. The third-order valence-corrected chi connectivity index (χ3v) is 6.32. The first-order valence-electron chi connectivity index (χ1n) is 10.9. The van der Waals surface area contributed by atoms with Crippen molar-refractivity contribution in [2.45, 2.75) is 32.2 Å². The van der Waals surface area contributed by atoms with Gasteiger partial charge < -0.3 is 9.88 Å². The summed E-state index contributed by atoms with van der Waals surface area (Å²) in [7, 11) is 0. The summed E-state index contributed by atoms with van der Waals surface area (Å²) in [6.07, 6.45) is 1.67. The van der Waals surface area contributed by atoms with E-state index in [-0.39, 0.29) is 22.9 Å². The summed E-state index contributed by atoms with van der Waals surface area (Å²) in [6.45, 7) is 3.52. The van der Waals surface area contributed by atoms with E-state index in [1.165, 1.54) is 0 Å². The molecular weight excluding hydrogens is 440 g/mol. The zero-order valence-electron chi connectivity index (χ0n) is 18.2. The van der Waals surface area contributed by atoms with Crippen LogP contribution in [-0.4, -0.2) is 48.9 Å². The highest BCUT2D eigenvalue weighted by atomic mass is 35.5.